The van der Waals surface area contributed by atoms with E-state index in [4.69, 9.17) is 17.3 Å². The second kappa shape index (κ2) is 5.04. The van der Waals surface area contributed by atoms with Gasteiger partial charge in [0.2, 0.25) is 5.91 Å². The molecule has 2 aromatic rings. The van der Waals surface area contributed by atoms with Crippen molar-refractivity contribution in [2.45, 2.75) is 25.2 Å². The molecule has 0 bridgehead atoms. The molecule has 1 saturated carbocycles. The third kappa shape index (κ3) is 2.59. The number of hydrogen-bond acceptors (Lipinski definition) is 3. The van der Waals surface area contributed by atoms with E-state index in [1.807, 2.05) is 37.3 Å². The maximum absolute atomic E-state index is 12.6. The molecular weight excluding hydrogens is 286 g/mol. The molecule has 0 unspecified atom stereocenters. The molecule has 1 amide bonds. The molecule has 1 fully saturated rings. The number of nitrogens with one attached hydrogen (secondary N) is 1. The first-order chi connectivity index (χ1) is 10.0. The van der Waals surface area contributed by atoms with Crippen LogP contribution in [0.1, 0.15) is 24.0 Å². The number of rotatable bonds is 3. The third-order valence-electron chi connectivity index (χ3n) is 3.87. The van der Waals surface area contributed by atoms with Gasteiger partial charge in [-0.3, -0.25) is 4.79 Å². The number of benzene rings is 1. The fourth-order valence-corrected chi connectivity index (χ4v) is 2.61. The minimum absolute atomic E-state index is 0.0402. The van der Waals surface area contributed by atoms with E-state index in [9.17, 15) is 4.79 Å². The van der Waals surface area contributed by atoms with Crippen molar-refractivity contribution in [3.63, 3.8) is 0 Å². The predicted octanol–water partition coefficient (Wildman–Crippen LogP) is 3.30. The van der Waals surface area contributed by atoms with E-state index in [1.165, 1.54) is 0 Å². The molecule has 0 saturated heterocycles. The van der Waals surface area contributed by atoms with Crippen molar-refractivity contribution in [3.05, 3.63) is 52.8 Å². The fourth-order valence-electron chi connectivity index (χ4n) is 2.46. The summed E-state index contributed by atoms with van der Waals surface area (Å²) in [5.41, 5.74) is 8.44. The lowest BCUT2D eigenvalue weighted by Gasteiger charge is -2.16. The zero-order valence-corrected chi connectivity index (χ0v) is 12.4. The highest BCUT2D eigenvalue weighted by Crippen LogP contribution is 2.49. The molecule has 5 heteroatoms. The van der Waals surface area contributed by atoms with E-state index < -0.39 is 5.41 Å². The summed E-state index contributed by atoms with van der Waals surface area (Å²) in [4.78, 5) is 16.7. The zero-order chi connectivity index (χ0) is 15.0. The number of amides is 1. The molecular formula is C16H16ClN3O. The van der Waals surface area contributed by atoms with Crippen LogP contribution in [0.15, 0.2) is 36.5 Å². The number of anilines is 2. The number of nitrogens with zero attached hydrogens (tertiary/aromatic N) is 1. The summed E-state index contributed by atoms with van der Waals surface area (Å²) >= 11 is 6.04. The zero-order valence-electron chi connectivity index (χ0n) is 11.7. The standard InChI is InChI=1S/C16H16ClN3O/c1-10-8-13(14(17)19-9-10)20-15(21)16(6-7-16)11-2-4-12(18)5-3-11/h2-5,8-9H,6-7,18H2,1H3,(H,20,21). The Kier molecular flexibility index (Phi) is 3.33. The minimum atomic E-state index is -0.458. The van der Waals surface area contributed by atoms with Gasteiger partial charge in [-0.1, -0.05) is 23.7 Å². The van der Waals surface area contributed by atoms with E-state index in [1.54, 1.807) is 6.20 Å². The largest absolute Gasteiger partial charge is 0.399 e. The van der Waals surface area contributed by atoms with Gasteiger partial charge >= 0.3 is 0 Å². The summed E-state index contributed by atoms with van der Waals surface area (Å²) in [6.45, 7) is 1.91. The quantitative estimate of drug-likeness (QED) is 0.675. The van der Waals surface area contributed by atoms with Crippen molar-refractivity contribution >= 4 is 28.9 Å². The second-order valence-electron chi connectivity index (χ2n) is 5.51. The third-order valence-corrected chi connectivity index (χ3v) is 4.17. The Morgan fingerprint density at radius 1 is 1.33 bits per heavy atom. The van der Waals surface area contributed by atoms with Crippen molar-refractivity contribution in [1.29, 1.82) is 0 Å². The average Bonchev–Trinajstić information content (AvgIpc) is 3.25. The van der Waals surface area contributed by atoms with Gasteiger partial charge in [-0.05, 0) is 49.1 Å². The molecule has 1 heterocycles. The van der Waals surface area contributed by atoms with Gasteiger partial charge in [0.15, 0.2) is 5.15 Å². The van der Waals surface area contributed by atoms with Gasteiger partial charge in [-0.15, -0.1) is 0 Å². The van der Waals surface area contributed by atoms with E-state index in [0.29, 0.717) is 16.5 Å². The first kappa shape index (κ1) is 13.9. The van der Waals surface area contributed by atoms with Crippen LogP contribution in [0.25, 0.3) is 0 Å². The highest BCUT2D eigenvalue weighted by atomic mass is 35.5. The number of aromatic nitrogens is 1. The van der Waals surface area contributed by atoms with E-state index >= 15 is 0 Å². The topological polar surface area (TPSA) is 68.0 Å². The summed E-state index contributed by atoms with van der Waals surface area (Å²) in [7, 11) is 0. The first-order valence-electron chi connectivity index (χ1n) is 6.81. The number of carbonyl (C=O) groups excluding carboxylic acids is 1. The average molecular weight is 302 g/mol. The molecule has 108 valence electrons. The van der Waals surface area contributed by atoms with Gasteiger partial charge in [-0.25, -0.2) is 4.98 Å². The van der Waals surface area contributed by atoms with Crippen molar-refractivity contribution in [2.24, 2.45) is 0 Å². The smallest absolute Gasteiger partial charge is 0.235 e. The van der Waals surface area contributed by atoms with E-state index in [2.05, 4.69) is 10.3 Å². The number of nitrogen functional groups attached to an aromatic ring is 1. The van der Waals surface area contributed by atoms with E-state index in [0.717, 1.165) is 24.0 Å². The Bertz CT molecular complexity index is 693. The number of halogens is 1. The number of hydrogen-bond donors (Lipinski definition) is 2. The lowest BCUT2D eigenvalue weighted by atomic mass is 9.94. The molecule has 3 N–H and O–H groups in total. The maximum atomic E-state index is 12.6. The van der Waals surface area contributed by atoms with Crippen LogP contribution in [0, 0.1) is 6.92 Å². The summed E-state index contributed by atoms with van der Waals surface area (Å²) in [6, 6.07) is 9.30. The Morgan fingerprint density at radius 2 is 2.00 bits per heavy atom. The first-order valence-corrected chi connectivity index (χ1v) is 7.19. The number of carbonyl (C=O) groups is 1. The molecule has 1 aromatic heterocycles. The fraction of sp³-hybridized carbons (Fsp3) is 0.250. The molecule has 4 nitrogen and oxygen atoms in total. The number of nitrogens with two attached hydrogens (primary N) is 1. The summed E-state index contributed by atoms with van der Waals surface area (Å²) in [5.74, 6) is -0.0402. The minimum Gasteiger partial charge on any atom is -0.399 e. The maximum Gasteiger partial charge on any atom is 0.235 e. The summed E-state index contributed by atoms with van der Waals surface area (Å²) in [6.07, 6.45) is 3.34. The molecule has 1 aliphatic carbocycles. The van der Waals surface area contributed by atoms with Gasteiger partial charge in [0.25, 0.3) is 0 Å². The summed E-state index contributed by atoms with van der Waals surface area (Å²) in [5, 5.41) is 3.21. The Balaban J connectivity index is 1.85. The molecule has 0 aliphatic heterocycles. The highest BCUT2D eigenvalue weighted by Gasteiger charge is 2.51. The van der Waals surface area contributed by atoms with Crippen LogP contribution >= 0.6 is 11.6 Å². The van der Waals surface area contributed by atoms with Gasteiger partial charge in [0.05, 0.1) is 11.1 Å². The van der Waals surface area contributed by atoms with Crippen molar-refractivity contribution in [2.75, 3.05) is 11.1 Å². The van der Waals surface area contributed by atoms with Crippen LogP contribution in [0.5, 0.6) is 0 Å². The SMILES string of the molecule is Cc1cnc(Cl)c(NC(=O)C2(c3ccc(N)cc3)CC2)c1. The van der Waals surface area contributed by atoms with Crippen LogP contribution < -0.4 is 11.1 Å². The number of pyridine rings is 1. The van der Waals surface area contributed by atoms with Crippen molar-refractivity contribution in [3.8, 4) is 0 Å². The van der Waals surface area contributed by atoms with Gasteiger partial charge < -0.3 is 11.1 Å². The van der Waals surface area contributed by atoms with Crippen molar-refractivity contribution < 1.29 is 4.79 Å². The van der Waals surface area contributed by atoms with Crippen LogP contribution in [-0.2, 0) is 10.2 Å². The monoisotopic (exact) mass is 301 g/mol. The normalized spacial score (nSPS) is 15.5. The Morgan fingerprint density at radius 3 is 2.62 bits per heavy atom. The molecule has 0 radical (unpaired) electrons. The van der Waals surface area contributed by atoms with Crippen LogP contribution in [0.4, 0.5) is 11.4 Å². The van der Waals surface area contributed by atoms with Crippen LogP contribution in [0.2, 0.25) is 5.15 Å². The second-order valence-corrected chi connectivity index (χ2v) is 5.87. The highest BCUT2D eigenvalue weighted by molar-refractivity contribution is 6.32. The van der Waals surface area contributed by atoms with Crippen molar-refractivity contribution in [1.82, 2.24) is 4.98 Å². The molecule has 1 aromatic carbocycles. The predicted molar refractivity (Wildman–Crippen MR) is 84.4 cm³/mol. The lowest BCUT2D eigenvalue weighted by Crippen LogP contribution is -2.28. The molecule has 21 heavy (non-hydrogen) atoms. The van der Waals surface area contributed by atoms with E-state index in [-0.39, 0.29) is 5.91 Å². The summed E-state index contributed by atoms with van der Waals surface area (Å²) < 4.78 is 0. The molecule has 1 aliphatic rings. The molecule has 0 atom stereocenters. The van der Waals surface area contributed by atoms with Crippen LogP contribution in [0.3, 0.4) is 0 Å². The lowest BCUT2D eigenvalue weighted by molar-refractivity contribution is -0.118. The molecule has 0 spiro atoms. The Labute approximate surface area is 128 Å². The van der Waals surface area contributed by atoms with Crippen LogP contribution in [-0.4, -0.2) is 10.9 Å². The number of aryl methyl sites for hydroxylation is 1. The van der Waals surface area contributed by atoms with Gasteiger partial charge in [0, 0.05) is 11.9 Å². The van der Waals surface area contributed by atoms with Gasteiger partial charge in [-0.2, -0.15) is 0 Å². The Hall–Kier alpha value is -2.07. The van der Waals surface area contributed by atoms with Gasteiger partial charge in [0.1, 0.15) is 0 Å². The molecule has 3 rings (SSSR count).